The quantitative estimate of drug-likeness (QED) is 0.0282. The Morgan fingerprint density at radius 1 is 0.613 bits per heavy atom. The first kappa shape index (κ1) is 58.0. The van der Waals surface area contributed by atoms with Gasteiger partial charge >= 0.3 is 0 Å². The lowest BCUT2D eigenvalue weighted by Crippen LogP contribution is -2.59. The largest absolute Gasteiger partial charge is 0.508 e. The molecule has 0 saturated carbocycles. The van der Waals surface area contributed by atoms with Gasteiger partial charge in [0.25, 0.3) is 0 Å². The second kappa shape index (κ2) is 29.7. The number of aliphatic imine (C=N–C) groups is 2. The van der Waals surface area contributed by atoms with Gasteiger partial charge in [0.15, 0.2) is 11.9 Å². The van der Waals surface area contributed by atoms with Crippen LogP contribution in [-0.2, 0) is 59.5 Å². The third-order valence-electron chi connectivity index (χ3n) is 12.4. The molecule has 0 radical (unpaired) electrons. The summed E-state index contributed by atoms with van der Waals surface area (Å²) in [6.07, 6.45) is 2.66. The molecule has 402 valence electrons. The maximum Gasteiger partial charge on any atom is 0.246 e. The van der Waals surface area contributed by atoms with Crippen LogP contribution in [0, 0.1) is 0 Å². The fraction of sp³-hybridized carbons (Fsp3) is 0.415. The molecule has 22 heteroatoms. The molecule has 4 aromatic carbocycles. The highest BCUT2D eigenvalue weighted by Gasteiger charge is 2.37. The summed E-state index contributed by atoms with van der Waals surface area (Å²) >= 11 is 1.08. The average Bonchev–Trinajstić information content (AvgIpc) is 3.38. The number of phenols is 1. The van der Waals surface area contributed by atoms with E-state index >= 15 is 4.79 Å². The molecule has 5 rings (SSSR count). The Morgan fingerprint density at radius 3 is 1.81 bits per heavy atom. The number of amides is 7. The SMILES string of the molecule is CC(=O)NCc1ccc(CNC(=O)CSC[C@H]2NC(=O)[C@H](Cc3ccc4ccccc4c3)NC(=O)[C@H](CCCN=C(N)N)NC(=O)[C@@H](C)N(CCCCCCN=C(N)N)C(=O)[C@@H](Cc3ccc(O)cc3)NC2=O)cc1. The number of rotatable bonds is 23. The van der Waals surface area contributed by atoms with Gasteiger partial charge in [-0.25, -0.2) is 0 Å². The third-order valence-corrected chi connectivity index (χ3v) is 13.4. The summed E-state index contributed by atoms with van der Waals surface area (Å²) in [5.74, 6) is -4.40. The lowest BCUT2D eigenvalue weighted by molar-refractivity contribution is -0.143. The van der Waals surface area contributed by atoms with Crippen molar-refractivity contribution in [2.24, 2.45) is 32.9 Å². The standard InChI is InChI=1S/C53H71N13O8S/c1-33-47(70)62-42(12-9-24-59-53(56)57)48(71)63-43(28-38-17-20-39-10-5-6-11-40(39)26-38)49(72)65-45(31-75-32-46(69)61-30-37-15-13-36(14-16-37)29-60-34(2)67)50(73)64-44(27-35-18-21-41(68)22-19-35)51(74)66(33)25-8-4-3-7-23-58-52(54)55/h5-6,10-11,13-22,26,33,42-45,68H,3-4,7-9,12,23-25,27-32H2,1-2H3,(H,60,67)(H,61,69)(H,62,70)(H,63,71)(H,64,73)(H,65,72)(H4,54,55,58)(H4,56,57,59)/t33-,42+,43+,44-,45-/m1/s1. The number of unbranched alkanes of at least 4 members (excludes halogenated alkanes) is 3. The lowest BCUT2D eigenvalue weighted by atomic mass is 10.00. The molecule has 15 N–H and O–H groups in total. The minimum absolute atomic E-state index is 0.0161. The Hall–Kier alpha value is -7.88. The number of aromatic hydroxyl groups is 1. The molecule has 7 amide bonds. The molecule has 1 heterocycles. The van der Waals surface area contributed by atoms with Crippen LogP contribution < -0.4 is 54.8 Å². The van der Waals surface area contributed by atoms with Crippen LogP contribution in [0.25, 0.3) is 10.8 Å². The Morgan fingerprint density at radius 2 is 1.15 bits per heavy atom. The zero-order valence-corrected chi connectivity index (χ0v) is 43.3. The van der Waals surface area contributed by atoms with E-state index < -0.39 is 59.7 Å². The van der Waals surface area contributed by atoms with Gasteiger partial charge in [-0.3, -0.25) is 43.5 Å². The van der Waals surface area contributed by atoms with E-state index in [2.05, 4.69) is 41.9 Å². The monoisotopic (exact) mass is 1050 g/mol. The number of phenolic OH excluding ortho intramolecular Hbond substituents is 1. The summed E-state index contributed by atoms with van der Waals surface area (Å²) in [4.78, 5) is 108. The molecular weight excluding hydrogens is 979 g/mol. The predicted molar refractivity (Wildman–Crippen MR) is 291 cm³/mol. The first-order chi connectivity index (χ1) is 35.9. The van der Waals surface area contributed by atoms with Crippen LogP contribution in [0.3, 0.4) is 0 Å². The summed E-state index contributed by atoms with van der Waals surface area (Å²) < 4.78 is 0. The van der Waals surface area contributed by atoms with Crippen LogP contribution in [0.4, 0.5) is 0 Å². The zero-order chi connectivity index (χ0) is 54.3. The van der Waals surface area contributed by atoms with Gasteiger partial charge in [0, 0.05) is 58.2 Å². The molecule has 1 saturated heterocycles. The number of fused-ring (bicyclic) bond motifs is 1. The number of nitrogens with one attached hydrogen (secondary N) is 6. The van der Waals surface area contributed by atoms with E-state index in [1.165, 1.54) is 24.0 Å². The number of hydrogen-bond donors (Lipinski definition) is 11. The zero-order valence-electron chi connectivity index (χ0n) is 42.5. The molecule has 0 spiro atoms. The molecule has 4 aromatic rings. The van der Waals surface area contributed by atoms with Gasteiger partial charge in [-0.15, -0.1) is 11.8 Å². The van der Waals surface area contributed by atoms with Gasteiger partial charge in [-0.2, -0.15) is 0 Å². The van der Waals surface area contributed by atoms with Crippen molar-refractivity contribution in [3.63, 3.8) is 0 Å². The van der Waals surface area contributed by atoms with Crippen LogP contribution in [-0.4, -0.2) is 125 Å². The highest BCUT2D eigenvalue weighted by atomic mass is 32.2. The number of benzene rings is 4. The topological polar surface area (TPSA) is 344 Å². The molecule has 1 aliphatic heterocycles. The van der Waals surface area contributed by atoms with Gasteiger partial charge in [0.1, 0.15) is 36.0 Å². The molecule has 1 aliphatic rings. The van der Waals surface area contributed by atoms with Gasteiger partial charge in [0.2, 0.25) is 41.4 Å². The number of hydrogen-bond acceptors (Lipinski definition) is 11. The van der Waals surface area contributed by atoms with E-state index in [-0.39, 0.29) is 86.3 Å². The number of nitrogens with two attached hydrogens (primary N) is 4. The molecule has 1 fully saturated rings. The van der Waals surface area contributed by atoms with Gasteiger partial charge in [-0.1, -0.05) is 91.7 Å². The Labute approximate surface area is 441 Å². The van der Waals surface area contributed by atoms with Crippen LogP contribution in [0.5, 0.6) is 5.75 Å². The summed E-state index contributed by atoms with van der Waals surface area (Å²) in [5, 5.41) is 29.0. The molecule has 0 aromatic heterocycles. The van der Waals surface area contributed by atoms with E-state index in [1.807, 2.05) is 66.7 Å². The maximum absolute atomic E-state index is 15.1. The van der Waals surface area contributed by atoms with Crippen molar-refractivity contribution in [2.75, 3.05) is 31.1 Å². The van der Waals surface area contributed by atoms with E-state index in [0.29, 0.717) is 49.9 Å². The van der Waals surface area contributed by atoms with E-state index in [1.54, 1.807) is 19.1 Å². The van der Waals surface area contributed by atoms with Crippen molar-refractivity contribution in [1.29, 1.82) is 0 Å². The molecule has 0 aliphatic carbocycles. The second-order valence-corrected chi connectivity index (χ2v) is 19.4. The molecule has 0 bridgehead atoms. The van der Waals surface area contributed by atoms with Crippen molar-refractivity contribution >= 4 is 75.8 Å². The van der Waals surface area contributed by atoms with Crippen LogP contribution in [0.2, 0.25) is 0 Å². The third kappa shape index (κ3) is 19.8. The van der Waals surface area contributed by atoms with Gasteiger partial charge in [0.05, 0.1) is 5.75 Å². The van der Waals surface area contributed by atoms with Crippen molar-refractivity contribution in [3.05, 3.63) is 113 Å². The summed E-state index contributed by atoms with van der Waals surface area (Å²) in [6.45, 7) is 4.18. The molecule has 0 unspecified atom stereocenters. The lowest BCUT2D eigenvalue weighted by Gasteiger charge is -2.33. The fourth-order valence-corrected chi connectivity index (χ4v) is 9.13. The second-order valence-electron chi connectivity index (χ2n) is 18.4. The highest BCUT2D eigenvalue weighted by Crippen LogP contribution is 2.19. The fourth-order valence-electron chi connectivity index (χ4n) is 8.26. The first-order valence-electron chi connectivity index (χ1n) is 25.0. The Bertz CT molecular complexity index is 2640. The van der Waals surface area contributed by atoms with Gasteiger partial charge in [-0.05, 0) is 77.8 Å². The highest BCUT2D eigenvalue weighted by molar-refractivity contribution is 8.00. The molecule has 75 heavy (non-hydrogen) atoms. The Kier molecular flexibility index (Phi) is 23.0. The number of guanidine groups is 2. The van der Waals surface area contributed by atoms with E-state index in [0.717, 1.165) is 33.7 Å². The van der Waals surface area contributed by atoms with E-state index in [9.17, 15) is 33.9 Å². The van der Waals surface area contributed by atoms with Crippen LogP contribution in [0.15, 0.2) is 101 Å². The van der Waals surface area contributed by atoms with E-state index in [4.69, 9.17) is 22.9 Å². The smallest absolute Gasteiger partial charge is 0.246 e. The van der Waals surface area contributed by atoms with Gasteiger partial charge < -0.3 is 64.8 Å². The van der Waals surface area contributed by atoms with Crippen molar-refractivity contribution in [2.45, 2.75) is 109 Å². The Balaban J connectivity index is 1.49. The minimum atomic E-state index is -1.35. The number of carbonyl (C=O) groups is 7. The maximum atomic E-state index is 15.1. The van der Waals surface area contributed by atoms with Crippen LogP contribution in [0.1, 0.15) is 74.6 Å². The van der Waals surface area contributed by atoms with Crippen LogP contribution >= 0.6 is 11.8 Å². The summed E-state index contributed by atoms with van der Waals surface area (Å²) in [5.41, 5.74) is 25.1. The number of nitrogens with zero attached hydrogens (tertiary/aromatic N) is 3. The number of carbonyl (C=O) groups excluding carboxylic acids is 7. The van der Waals surface area contributed by atoms with Crippen molar-refractivity contribution in [3.8, 4) is 5.75 Å². The van der Waals surface area contributed by atoms with Crippen molar-refractivity contribution < 1.29 is 38.7 Å². The summed E-state index contributed by atoms with van der Waals surface area (Å²) in [6, 6.07) is 20.4. The molecular formula is C53H71N13O8S. The molecule has 5 atom stereocenters. The molecule has 21 nitrogen and oxygen atoms in total. The average molecular weight is 1050 g/mol. The van der Waals surface area contributed by atoms with Crippen molar-refractivity contribution in [1.82, 2.24) is 36.8 Å². The predicted octanol–water partition coefficient (Wildman–Crippen LogP) is 1.07. The summed E-state index contributed by atoms with van der Waals surface area (Å²) in [7, 11) is 0. The normalized spacial score (nSPS) is 18.6. The number of thioether (sulfide) groups is 1. The first-order valence-corrected chi connectivity index (χ1v) is 26.2. The minimum Gasteiger partial charge on any atom is -0.508 e.